The number of aliphatic hydroxyl groups excluding tert-OH is 2. The highest BCUT2D eigenvalue weighted by atomic mass is 32.1. The number of benzene rings is 1. The molecule has 0 aliphatic rings. The van der Waals surface area contributed by atoms with Crippen molar-refractivity contribution in [1.82, 2.24) is 0 Å². The van der Waals surface area contributed by atoms with E-state index in [9.17, 15) is 10.2 Å². The van der Waals surface area contributed by atoms with Gasteiger partial charge in [-0.15, -0.1) is 11.3 Å². The molecule has 0 fully saturated rings. The second-order valence-corrected chi connectivity index (χ2v) is 6.62. The zero-order chi connectivity index (χ0) is 14.6. The van der Waals surface area contributed by atoms with Crippen LogP contribution in [0.1, 0.15) is 27.8 Å². The normalized spacial score (nSPS) is 11.8. The van der Waals surface area contributed by atoms with Gasteiger partial charge in [0.1, 0.15) is 0 Å². The minimum absolute atomic E-state index is 0.0493. The van der Waals surface area contributed by atoms with E-state index in [4.69, 9.17) is 0 Å². The third-order valence-corrected chi connectivity index (χ3v) is 5.04. The van der Waals surface area contributed by atoms with Crippen LogP contribution in [0.3, 0.4) is 0 Å². The summed E-state index contributed by atoms with van der Waals surface area (Å²) in [6, 6.07) is 12.3. The highest BCUT2D eigenvalue weighted by Crippen LogP contribution is 2.31. The van der Waals surface area contributed by atoms with Crippen LogP contribution in [0.15, 0.2) is 36.4 Å². The Morgan fingerprint density at radius 1 is 1.05 bits per heavy atom. The minimum Gasteiger partial charge on any atom is -0.395 e. The summed E-state index contributed by atoms with van der Waals surface area (Å²) in [6.07, 6.45) is 1.70. The van der Waals surface area contributed by atoms with E-state index in [1.54, 1.807) is 11.3 Å². The van der Waals surface area contributed by atoms with E-state index in [1.165, 1.54) is 9.75 Å². The van der Waals surface area contributed by atoms with Crippen LogP contribution in [0.25, 0.3) is 0 Å². The van der Waals surface area contributed by atoms with Gasteiger partial charge in [0.05, 0.1) is 13.2 Å². The van der Waals surface area contributed by atoms with Crippen LogP contribution < -0.4 is 0 Å². The molecule has 1 aromatic carbocycles. The van der Waals surface area contributed by atoms with Crippen LogP contribution in [-0.2, 0) is 18.3 Å². The molecule has 2 N–H and O–H groups in total. The Balaban J connectivity index is 2.33. The van der Waals surface area contributed by atoms with Gasteiger partial charge in [0.25, 0.3) is 0 Å². The molecule has 2 nitrogen and oxygen atoms in total. The lowest BCUT2D eigenvalue weighted by molar-refractivity contribution is 0.117. The molecule has 0 spiro atoms. The van der Waals surface area contributed by atoms with Crippen LogP contribution in [0.2, 0.25) is 0 Å². The average Bonchev–Trinajstić information content (AvgIpc) is 2.92. The maximum absolute atomic E-state index is 9.89. The highest BCUT2D eigenvalue weighted by Gasteiger charge is 2.32. The molecule has 0 bridgehead atoms. The lowest BCUT2D eigenvalue weighted by Gasteiger charge is -2.30. The Morgan fingerprint density at radius 2 is 1.75 bits per heavy atom. The Morgan fingerprint density at radius 3 is 2.30 bits per heavy atom. The molecular formula is C17H22O2S. The summed E-state index contributed by atoms with van der Waals surface area (Å²) in [5.41, 5.74) is 1.56. The third kappa shape index (κ3) is 3.11. The summed E-state index contributed by atoms with van der Waals surface area (Å²) < 4.78 is 0. The molecular weight excluding hydrogens is 268 g/mol. The van der Waals surface area contributed by atoms with Gasteiger partial charge in [0.15, 0.2) is 0 Å². The van der Waals surface area contributed by atoms with E-state index in [0.717, 1.165) is 17.5 Å². The lowest BCUT2D eigenvalue weighted by atomic mass is 9.78. The molecule has 0 unspecified atom stereocenters. The van der Waals surface area contributed by atoms with Crippen LogP contribution >= 0.6 is 11.3 Å². The van der Waals surface area contributed by atoms with E-state index < -0.39 is 5.41 Å². The molecule has 0 aliphatic heterocycles. The molecule has 108 valence electrons. The minimum atomic E-state index is -0.595. The van der Waals surface area contributed by atoms with Crippen molar-refractivity contribution in [2.45, 2.75) is 32.1 Å². The molecule has 0 saturated carbocycles. The lowest BCUT2D eigenvalue weighted by Crippen LogP contribution is -2.37. The smallest absolute Gasteiger partial charge is 0.0553 e. The second kappa shape index (κ2) is 6.53. The van der Waals surface area contributed by atoms with E-state index in [0.29, 0.717) is 6.42 Å². The van der Waals surface area contributed by atoms with Crippen molar-refractivity contribution in [1.29, 1.82) is 0 Å². The van der Waals surface area contributed by atoms with Crippen molar-refractivity contribution in [3.63, 3.8) is 0 Å². The summed E-state index contributed by atoms with van der Waals surface area (Å²) in [6.45, 7) is 4.07. The predicted molar refractivity (Wildman–Crippen MR) is 84.4 cm³/mol. The fourth-order valence-corrected chi connectivity index (χ4v) is 3.56. The van der Waals surface area contributed by atoms with Crippen molar-refractivity contribution < 1.29 is 10.2 Å². The summed E-state index contributed by atoms with van der Waals surface area (Å²) >= 11 is 1.77. The zero-order valence-electron chi connectivity index (χ0n) is 12.1. The first-order valence-electron chi connectivity index (χ1n) is 7.00. The van der Waals surface area contributed by atoms with Crippen LogP contribution in [0, 0.1) is 6.92 Å². The van der Waals surface area contributed by atoms with Crippen LogP contribution in [0.4, 0.5) is 0 Å². The number of aryl methyl sites for hydroxylation is 2. The van der Waals surface area contributed by atoms with E-state index in [-0.39, 0.29) is 13.2 Å². The van der Waals surface area contributed by atoms with Gasteiger partial charge >= 0.3 is 0 Å². The summed E-state index contributed by atoms with van der Waals surface area (Å²) in [7, 11) is 0. The quantitative estimate of drug-likeness (QED) is 0.858. The molecule has 0 radical (unpaired) electrons. The molecule has 0 aliphatic carbocycles. The Bertz CT molecular complexity index is 556. The first-order valence-corrected chi connectivity index (χ1v) is 7.81. The van der Waals surface area contributed by atoms with Crippen molar-refractivity contribution >= 4 is 11.3 Å². The Labute approximate surface area is 124 Å². The fourth-order valence-electron chi connectivity index (χ4n) is 2.46. The second-order valence-electron chi connectivity index (χ2n) is 5.36. The number of hydrogen-bond donors (Lipinski definition) is 2. The van der Waals surface area contributed by atoms with Gasteiger partial charge in [0, 0.05) is 15.2 Å². The van der Waals surface area contributed by atoms with Crippen molar-refractivity contribution in [2.24, 2.45) is 0 Å². The van der Waals surface area contributed by atoms with Gasteiger partial charge in [0.2, 0.25) is 0 Å². The van der Waals surface area contributed by atoms with Gasteiger partial charge in [-0.3, -0.25) is 0 Å². The number of hydrogen-bond acceptors (Lipinski definition) is 3. The monoisotopic (exact) mass is 290 g/mol. The first-order chi connectivity index (χ1) is 9.63. The van der Waals surface area contributed by atoms with Gasteiger partial charge in [-0.05, 0) is 37.5 Å². The molecule has 3 heteroatoms. The first kappa shape index (κ1) is 15.2. The molecule has 0 atom stereocenters. The highest BCUT2D eigenvalue weighted by molar-refractivity contribution is 7.12. The molecule has 0 amide bonds. The maximum atomic E-state index is 9.89. The van der Waals surface area contributed by atoms with Crippen molar-refractivity contribution in [2.75, 3.05) is 13.2 Å². The van der Waals surface area contributed by atoms with E-state index in [2.05, 4.69) is 25.1 Å². The molecule has 0 saturated heterocycles. The molecule has 20 heavy (non-hydrogen) atoms. The van der Waals surface area contributed by atoms with Gasteiger partial charge < -0.3 is 10.2 Å². The van der Waals surface area contributed by atoms with Gasteiger partial charge in [-0.2, -0.15) is 0 Å². The maximum Gasteiger partial charge on any atom is 0.0553 e. The van der Waals surface area contributed by atoms with E-state index >= 15 is 0 Å². The van der Waals surface area contributed by atoms with E-state index in [1.807, 2.05) is 25.1 Å². The molecule has 2 aromatic rings. The summed E-state index contributed by atoms with van der Waals surface area (Å²) in [5.74, 6) is 0. The van der Waals surface area contributed by atoms with Crippen molar-refractivity contribution in [3.05, 3.63) is 57.3 Å². The SMILES string of the molecule is CCc1ccc(CC(CO)(CO)c2cccc(C)c2)s1. The summed E-state index contributed by atoms with van der Waals surface area (Å²) in [4.78, 5) is 2.56. The van der Waals surface area contributed by atoms with Crippen LogP contribution in [-0.4, -0.2) is 23.4 Å². The standard InChI is InChI=1S/C17H22O2S/c1-3-15-7-8-16(20-15)10-17(11-18,12-19)14-6-4-5-13(2)9-14/h4-9,18-19H,3,10-12H2,1-2H3. The fraction of sp³-hybridized carbons (Fsp3) is 0.412. The van der Waals surface area contributed by atoms with Crippen molar-refractivity contribution in [3.8, 4) is 0 Å². The molecule has 2 rings (SSSR count). The predicted octanol–water partition coefficient (Wildman–Crippen LogP) is 3.08. The Hall–Kier alpha value is -1.16. The average molecular weight is 290 g/mol. The van der Waals surface area contributed by atoms with Gasteiger partial charge in [-0.1, -0.05) is 36.8 Å². The third-order valence-electron chi connectivity index (χ3n) is 3.81. The zero-order valence-corrected chi connectivity index (χ0v) is 12.9. The summed E-state index contributed by atoms with van der Waals surface area (Å²) in [5, 5.41) is 19.8. The Kier molecular flexibility index (Phi) is 4.97. The number of rotatable bonds is 6. The largest absolute Gasteiger partial charge is 0.395 e. The van der Waals surface area contributed by atoms with Crippen LogP contribution in [0.5, 0.6) is 0 Å². The topological polar surface area (TPSA) is 40.5 Å². The molecule has 1 heterocycles. The number of thiophene rings is 1. The number of aliphatic hydroxyl groups is 2. The molecule has 1 aromatic heterocycles. The van der Waals surface area contributed by atoms with Gasteiger partial charge in [-0.25, -0.2) is 0 Å².